The zero-order valence-corrected chi connectivity index (χ0v) is 15.8. The molecule has 0 spiro atoms. The van der Waals surface area contributed by atoms with Crippen molar-refractivity contribution in [3.05, 3.63) is 108 Å². The summed E-state index contributed by atoms with van der Waals surface area (Å²) in [6, 6.07) is 19.8. The summed E-state index contributed by atoms with van der Waals surface area (Å²) < 4.78 is 32.3. The van der Waals surface area contributed by atoms with Crippen molar-refractivity contribution in [3.63, 3.8) is 0 Å². The van der Waals surface area contributed by atoms with Gasteiger partial charge in [-0.2, -0.15) is 0 Å². The minimum Gasteiger partial charge on any atom is -0.418 e. The van der Waals surface area contributed by atoms with Gasteiger partial charge >= 0.3 is 0 Å². The van der Waals surface area contributed by atoms with Crippen LogP contribution in [-0.2, 0) is 11.2 Å². The summed E-state index contributed by atoms with van der Waals surface area (Å²) >= 11 is 0. The molecule has 1 atom stereocenters. The highest BCUT2D eigenvalue weighted by molar-refractivity contribution is 5.79. The summed E-state index contributed by atoms with van der Waals surface area (Å²) in [5.74, 6) is -0.609. The molecule has 4 aromatic rings. The van der Waals surface area contributed by atoms with Crippen LogP contribution in [0.25, 0.3) is 11.5 Å². The van der Waals surface area contributed by atoms with Gasteiger partial charge in [-0.05, 0) is 47.5 Å². The molecule has 0 aliphatic heterocycles. The average molecular weight is 405 g/mol. The number of rotatable bonds is 6. The molecular weight excluding hydrogens is 388 g/mol. The fourth-order valence-electron chi connectivity index (χ4n) is 2.99. The molecule has 0 saturated carbocycles. The van der Waals surface area contributed by atoms with E-state index in [9.17, 15) is 13.6 Å². The quantitative estimate of drug-likeness (QED) is 0.514. The van der Waals surface area contributed by atoms with Crippen molar-refractivity contribution < 1.29 is 18.0 Å². The highest BCUT2D eigenvalue weighted by atomic mass is 19.1. The summed E-state index contributed by atoms with van der Waals surface area (Å²) in [4.78, 5) is 12.6. The van der Waals surface area contributed by atoms with Gasteiger partial charge in [0.15, 0.2) is 0 Å². The predicted molar refractivity (Wildman–Crippen MR) is 106 cm³/mol. The SMILES string of the molecule is O=C(Cc1ccc(F)cc1)NC(c1ccc(F)cc1)c1nnc(-c2ccccc2)o1. The second-order valence-corrected chi connectivity index (χ2v) is 6.67. The number of nitrogens with zero attached hydrogens (tertiary/aromatic N) is 2. The lowest BCUT2D eigenvalue weighted by Crippen LogP contribution is -2.30. The number of halogens is 2. The van der Waals surface area contributed by atoms with E-state index in [1.165, 1.54) is 24.3 Å². The van der Waals surface area contributed by atoms with Crippen molar-refractivity contribution in [2.24, 2.45) is 0 Å². The standard InChI is InChI=1S/C23H17F2N3O2/c24-18-10-6-15(7-11-18)14-20(29)26-21(16-8-12-19(25)13-9-16)23-28-27-22(30-23)17-4-2-1-3-5-17/h1-13,21H,14H2,(H,26,29). The highest BCUT2D eigenvalue weighted by Gasteiger charge is 2.23. The smallest absolute Gasteiger partial charge is 0.247 e. The van der Waals surface area contributed by atoms with Gasteiger partial charge in [-0.1, -0.05) is 42.5 Å². The lowest BCUT2D eigenvalue weighted by molar-refractivity contribution is -0.121. The topological polar surface area (TPSA) is 68.0 Å². The van der Waals surface area contributed by atoms with Crippen molar-refractivity contribution in [2.45, 2.75) is 12.5 Å². The molecule has 0 fully saturated rings. The molecule has 1 aromatic heterocycles. The van der Waals surface area contributed by atoms with Crippen molar-refractivity contribution in [1.82, 2.24) is 15.5 Å². The summed E-state index contributed by atoms with van der Waals surface area (Å²) in [6.45, 7) is 0. The Kier molecular flexibility index (Phi) is 5.61. The summed E-state index contributed by atoms with van der Waals surface area (Å²) in [5.41, 5.74) is 1.99. The van der Waals surface area contributed by atoms with Crippen LogP contribution in [0, 0.1) is 11.6 Å². The van der Waals surface area contributed by atoms with Gasteiger partial charge in [0.05, 0.1) is 6.42 Å². The molecule has 4 rings (SSSR count). The predicted octanol–water partition coefficient (Wildman–Crippen LogP) is 4.46. The van der Waals surface area contributed by atoms with Gasteiger partial charge in [-0.3, -0.25) is 4.79 Å². The largest absolute Gasteiger partial charge is 0.418 e. The molecule has 0 aliphatic carbocycles. The first-order valence-corrected chi connectivity index (χ1v) is 9.26. The molecular formula is C23H17F2N3O2. The van der Waals surface area contributed by atoms with Gasteiger partial charge in [-0.15, -0.1) is 10.2 Å². The number of carbonyl (C=O) groups excluding carboxylic acids is 1. The zero-order valence-electron chi connectivity index (χ0n) is 15.8. The van der Waals surface area contributed by atoms with Crippen LogP contribution in [0.1, 0.15) is 23.1 Å². The number of carbonyl (C=O) groups is 1. The first-order chi connectivity index (χ1) is 14.6. The highest BCUT2D eigenvalue weighted by Crippen LogP contribution is 2.25. The van der Waals surface area contributed by atoms with Crippen LogP contribution in [0.2, 0.25) is 0 Å². The third-order valence-corrected chi connectivity index (χ3v) is 4.49. The maximum atomic E-state index is 13.4. The van der Waals surface area contributed by atoms with Crippen molar-refractivity contribution in [3.8, 4) is 11.5 Å². The molecule has 0 aliphatic rings. The Morgan fingerprint density at radius 3 is 2.17 bits per heavy atom. The molecule has 0 bridgehead atoms. The first-order valence-electron chi connectivity index (χ1n) is 9.26. The van der Waals surface area contributed by atoms with Crippen LogP contribution in [0.5, 0.6) is 0 Å². The molecule has 0 radical (unpaired) electrons. The van der Waals surface area contributed by atoms with Gasteiger partial charge in [0.1, 0.15) is 17.7 Å². The molecule has 3 aromatic carbocycles. The lowest BCUT2D eigenvalue weighted by Gasteiger charge is -2.16. The Morgan fingerprint density at radius 2 is 1.50 bits per heavy atom. The average Bonchev–Trinajstić information content (AvgIpc) is 3.25. The van der Waals surface area contributed by atoms with Gasteiger partial charge in [0.25, 0.3) is 0 Å². The molecule has 1 unspecified atom stereocenters. The molecule has 7 heteroatoms. The Bertz CT molecular complexity index is 1130. The van der Waals surface area contributed by atoms with E-state index in [1.54, 1.807) is 24.3 Å². The van der Waals surface area contributed by atoms with E-state index in [-0.39, 0.29) is 24.0 Å². The molecule has 30 heavy (non-hydrogen) atoms. The molecule has 0 saturated heterocycles. The Hall–Kier alpha value is -3.87. The van der Waals surface area contributed by atoms with Crippen LogP contribution in [0.15, 0.2) is 83.3 Å². The van der Waals surface area contributed by atoms with Crippen molar-refractivity contribution in [1.29, 1.82) is 0 Å². The van der Waals surface area contributed by atoms with Crippen LogP contribution in [0.4, 0.5) is 8.78 Å². The third-order valence-electron chi connectivity index (χ3n) is 4.49. The number of aromatic nitrogens is 2. The minimum atomic E-state index is -0.761. The Morgan fingerprint density at radius 1 is 0.867 bits per heavy atom. The molecule has 1 heterocycles. The van der Waals surface area contributed by atoms with Crippen molar-refractivity contribution in [2.75, 3.05) is 0 Å². The molecule has 150 valence electrons. The number of hydrogen-bond donors (Lipinski definition) is 1. The van der Waals surface area contributed by atoms with Crippen LogP contribution in [-0.4, -0.2) is 16.1 Å². The zero-order chi connectivity index (χ0) is 20.9. The van der Waals surface area contributed by atoms with Crippen LogP contribution < -0.4 is 5.32 Å². The maximum Gasteiger partial charge on any atom is 0.247 e. The number of nitrogens with one attached hydrogen (secondary N) is 1. The third kappa shape index (κ3) is 4.57. The van der Waals surface area contributed by atoms with E-state index >= 15 is 0 Å². The normalized spacial score (nSPS) is 11.8. The first kappa shape index (κ1) is 19.4. The van der Waals surface area contributed by atoms with Crippen molar-refractivity contribution >= 4 is 5.91 Å². The molecule has 1 N–H and O–H groups in total. The van der Waals surface area contributed by atoms with Gasteiger partial charge in [0, 0.05) is 5.56 Å². The summed E-state index contributed by atoms with van der Waals surface area (Å²) in [5, 5.41) is 11.0. The maximum absolute atomic E-state index is 13.4. The van der Waals surface area contributed by atoms with E-state index in [0.29, 0.717) is 17.0 Å². The Labute approximate surface area is 171 Å². The minimum absolute atomic E-state index is 0.0393. The number of amides is 1. The molecule has 5 nitrogen and oxygen atoms in total. The van der Waals surface area contributed by atoms with E-state index in [1.807, 2.05) is 30.3 Å². The fourth-order valence-corrected chi connectivity index (χ4v) is 2.99. The Balaban J connectivity index is 1.60. The van der Waals surface area contributed by atoms with Gasteiger partial charge < -0.3 is 9.73 Å². The van der Waals surface area contributed by atoms with Crippen LogP contribution >= 0.6 is 0 Å². The monoisotopic (exact) mass is 405 g/mol. The molecule has 1 amide bonds. The van der Waals surface area contributed by atoms with E-state index < -0.39 is 11.9 Å². The van der Waals surface area contributed by atoms with E-state index in [0.717, 1.165) is 5.56 Å². The number of benzene rings is 3. The fraction of sp³-hybridized carbons (Fsp3) is 0.0870. The lowest BCUT2D eigenvalue weighted by atomic mass is 10.1. The van der Waals surface area contributed by atoms with E-state index in [2.05, 4.69) is 15.5 Å². The second-order valence-electron chi connectivity index (χ2n) is 6.67. The van der Waals surface area contributed by atoms with Gasteiger partial charge in [-0.25, -0.2) is 8.78 Å². The summed E-state index contributed by atoms with van der Waals surface area (Å²) in [6.07, 6.45) is 0.0393. The van der Waals surface area contributed by atoms with Gasteiger partial charge in [0.2, 0.25) is 17.7 Å². The number of hydrogen-bond acceptors (Lipinski definition) is 4. The van der Waals surface area contributed by atoms with Crippen LogP contribution in [0.3, 0.4) is 0 Å². The summed E-state index contributed by atoms with van der Waals surface area (Å²) in [7, 11) is 0. The second kappa shape index (κ2) is 8.65. The van der Waals surface area contributed by atoms with E-state index in [4.69, 9.17) is 4.42 Å².